The Labute approximate surface area is 194 Å². The van der Waals surface area contributed by atoms with Crippen LogP contribution in [0.1, 0.15) is 60.0 Å². The van der Waals surface area contributed by atoms with Crippen LogP contribution in [0.25, 0.3) is 10.8 Å². The molecule has 1 spiro atoms. The molecule has 5 rings (SSSR count). The molecule has 0 aliphatic carbocycles. The number of nitrogens with one attached hydrogen (secondary N) is 1. The average molecular weight is 449 g/mol. The number of piperidine rings is 1. The van der Waals surface area contributed by atoms with Crippen molar-refractivity contribution in [1.29, 1.82) is 0 Å². The minimum absolute atomic E-state index is 0.00111. The van der Waals surface area contributed by atoms with E-state index in [1.807, 2.05) is 16.8 Å². The SMILES string of the molecule is CN1CCC2(CC1)Cc1cn(C(C)(C)C)nc1C(=O)N2.Nc1nccc2ccc(C=O)cc12. The van der Waals surface area contributed by atoms with Crippen LogP contribution in [0.5, 0.6) is 0 Å². The van der Waals surface area contributed by atoms with E-state index in [1.165, 1.54) is 0 Å². The molecule has 1 aromatic carbocycles. The van der Waals surface area contributed by atoms with Crippen LogP contribution in [0.15, 0.2) is 36.7 Å². The molecule has 0 atom stereocenters. The summed E-state index contributed by atoms with van der Waals surface area (Å²) in [5.74, 6) is 0.458. The molecule has 1 amide bonds. The van der Waals surface area contributed by atoms with Crippen molar-refractivity contribution in [2.75, 3.05) is 25.9 Å². The molecule has 0 unspecified atom stereocenters. The van der Waals surface area contributed by atoms with E-state index in [0.29, 0.717) is 17.1 Å². The number of amides is 1. The van der Waals surface area contributed by atoms with E-state index in [4.69, 9.17) is 5.73 Å². The van der Waals surface area contributed by atoms with Crippen molar-refractivity contribution in [3.05, 3.63) is 53.5 Å². The zero-order chi connectivity index (χ0) is 23.8. The minimum Gasteiger partial charge on any atom is -0.383 e. The Bertz CT molecular complexity index is 1190. The van der Waals surface area contributed by atoms with E-state index in [2.05, 4.69) is 54.3 Å². The number of hydrogen-bond acceptors (Lipinski definition) is 6. The van der Waals surface area contributed by atoms with Gasteiger partial charge in [-0.05, 0) is 64.6 Å². The molecule has 2 aliphatic rings. The van der Waals surface area contributed by atoms with Crippen LogP contribution < -0.4 is 11.1 Å². The fourth-order valence-electron chi connectivity index (χ4n) is 4.41. The van der Waals surface area contributed by atoms with Gasteiger partial charge in [0.15, 0.2) is 5.69 Å². The molecule has 0 saturated carbocycles. The summed E-state index contributed by atoms with van der Waals surface area (Å²) in [6.07, 6.45) is 7.47. The number of carbonyl (C=O) groups excluding carboxylic acids is 2. The van der Waals surface area contributed by atoms with Crippen LogP contribution in [0.3, 0.4) is 0 Å². The summed E-state index contributed by atoms with van der Waals surface area (Å²) in [6.45, 7) is 8.41. The molecule has 0 radical (unpaired) electrons. The van der Waals surface area contributed by atoms with Crippen molar-refractivity contribution in [1.82, 2.24) is 25.0 Å². The van der Waals surface area contributed by atoms with E-state index in [-0.39, 0.29) is 17.0 Å². The van der Waals surface area contributed by atoms with Gasteiger partial charge in [0.1, 0.15) is 12.1 Å². The molecule has 4 heterocycles. The number of pyridine rings is 1. The van der Waals surface area contributed by atoms with Gasteiger partial charge in [0, 0.05) is 47.5 Å². The van der Waals surface area contributed by atoms with Gasteiger partial charge in [0.05, 0.1) is 5.54 Å². The van der Waals surface area contributed by atoms with E-state index in [1.54, 1.807) is 18.3 Å². The molecule has 1 saturated heterocycles. The second-order valence-corrected chi connectivity index (χ2v) is 10.1. The van der Waals surface area contributed by atoms with Crippen LogP contribution >= 0.6 is 0 Å². The molecule has 8 heteroatoms. The number of nitrogens with two attached hydrogens (primary N) is 1. The predicted molar refractivity (Wildman–Crippen MR) is 129 cm³/mol. The van der Waals surface area contributed by atoms with Crippen molar-refractivity contribution < 1.29 is 9.59 Å². The Balaban J connectivity index is 0.000000172. The first-order valence-electron chi connectivity index (χ1n) is 11.3. The lowest BCUT2D eigenvalue weighted by molar-refractivity contribution is 0.0794. The molecule has 2 aromatic heterocycles. The minimum atomic E-state index is -0.0857. The summed E-state index contributed by atoms with van der Waals surface area (Å²) in [5.41, 5.74) is 7.85. The Kier molecular flexibility index (Phi) is 5.97. The highest BCUT2D eigenvalue weighted by Gasteiger charge is 2.41. The quantitative estimate of drug-likeness (QED) is 0.555. The van der Waals surface area contributed by atoms with Gasteiger partial charge >= 0.3 is 0 Å². The molecule has 2 aliphatic heterocycles. The lowest BCUT2D eigenvalue weighted by atomic mass is 9.79. The third-order valence-corrected chi connectivity index (χ3v) is 6.50. The Morgan fingerprint density at radius 2 is 1.91 bits per heavy atom. The number of aldehydes is 1. The zero-order valence-electron chi connectivity index (χ0n) is 19.8. The number of likely N-dealkylation sites (tertiary alicyclic amines) is 1. The molecule has 0 bridgehead atoms. The monoisotopic (exact) mass is 448 g/mol. The number of rotatable bonds is 1. The fraction of sp³-hybridized carbons (Fsp3) is 0.440. The van der Waals surface area contributed by atoms with Crippen LogP contribution in [-0.4, -0.2) is 57.5 Å². The van der Waals surface area contributed by atoms with Gasteiger partial charge in [-0.1, -0.05) is 12.1 Å². The molecule has 3 aromatic rings. The van der Waals surface area contributed by atoms with E-state index in [0.717, 1.165) is 55.0 Å². The first-order chi connectivity index (χ1) is 15.6. The van der Waals surface area contributed by atoms with Crippen molar-refractivity contribution in [3.8, 4) is 0 Å². The number of hydrogen-bond donors (Lipinski definition) is 2. The van der Waals surface area contributed by atoms with Crippen molar-refractivity contribution in [2.45, 2.75) is 51.1 Å². The molecule has 33 heavy (non-hydrogen) atoms. The highest BCUT2D eigenvalue weighted by Crippen LogP contribution is 2.32. The maximum Gasteiger partial charge on any atom is 0.272 e. The molecule has 174 valence electrons. The summed E-state index contributed by atoms with van der Waals surface area (Å²) >= 11 is 0. The highest BCUT2D eigenvalue weighted by molar-refractivity contribution is 5.96. The van der Waals surface area contributed by atoms with Crippen molar-refractivity contribution >= 4 is 28.8 Å². The van der Waals surface area contributed by atoms with Crippen LogP contribution in [0.4, 0.5) is 5.82 Å². The average Bonchev–Trinajstić information content (AvgIpc) is 3.22. The highest BCUT2D eigenvalue weighted by atomic mass is 16.2. The van der Waals surface area contributed by atoms with Gasteiger partial charge < -0.3 is 16.0 Å². The van der Waals surface area contributed by atoms with Crippen LogP contribution in [0.2, 0.25) is 0 Å². The van der Waals surface area contributed by atoms with Gasteiger partial charge in [-0.25, -0.2) is 4.98 Å². The molecular weight excluding hydrogens is 416 g/mol. The molecule has 8 nitrogen and oxygen atoms in total. The lowest BCUT2D eigenvalue weighted by Crippen LogP contribution is -2.58. The van der Waals surface area contributed by atoms with E-state index in [9.17, 15) is 9.59 Å². The third kappa shape index (κ3) is 4.75. The lowest BCUT2D eigenvalue weighted by Gasteiger charge is -2.43. The topological polar surface area (TPSA) is 106 Å². The maximum absolute atomic E-state index is 12.4. The van der Waals surface area contributed by atoms with Crippen LogP contribution in [-0.2, 0) is 12.0 Å². The fourth-order valence-corrected chi connectivity index (χ4v) is 4.41. The summed E-state index contributed by atoms with van der Waals surface area (Å²) in [6, 6.07) is 7.22. The normalized spacial score (nSPS) is 17.8. The van der Waals surface area contributed by atoms with E-state index >= 15 is 0 Å². The Morgan fingerprint density at radius 3 is 2.58 bits per heavy atom. The summed E-state index contributed by atoms with van der Waals surface area (Å²) in [4.78, 5) is 29.1. The number of nitrogen functional groups attached to an aromatic ring is 1. The number of anilines is 1. The van der Waals surface area contributed by atoms with E-state index < -0.39 is 0 Å². The first kappa shape index (κ1) is 22.9. The Hall–Kier alpha value is -3.26. The summed E-state index contributed by atoms with van der Waals surface area (Å²) in [7, 11) is 2.14. The summed E-state index contributed by atoms with van der Waals surface area (Å²) < 4.78 is 1.92. The smallest absolute Gasteiger partial charge is 0.272 e. The van der Waals surface area contributed by atoms with Crippen molar-refractivity contribution in [2.24, 2.45) is 0 Å². The molecular formula is C25H32N6O2. The van der Waals surface area contributed by atoms with Gasteiger partial charge in [-0.2, -0.15) is 5.10 Å². The number of aromatic nitrogens is 3. The van der Waals surface area contributed by atoms with Gasteiger partial charge in [-0.3, -0.25) is 14.3 Å². The number of fused-ring (bicyclic) bond motifs is 2. The van der Waals surface area contributed by atoms with Gasteiger partial charge in [0.2, 0.25) is 0 Å². The second kappa shape index (κ2) is 8.59. The first-order valence-corrected chi connectivity index (χ1v) is 11.3. The van der Waals surface area contributed by atoms with Gasteiger partial charge in [0.25, 0.3) is 5.91 Å². The third-order valence-electron chi connectivity index (χ3n) is 6.50. The number of carbonyl (C=O) groups is 2. The summed E-state index contributed by atoms with van der Waals surface area (Å²) in [5, 5.41) is 9.55. The van der Waals surface area contributed by atoms with Gasteiger partial charge in [-0.15, -0.1) is 0 Å². The second-order valence-electron chi connectivity index (χ2n) is 10.1. The maximum atomic E-state index is 12.4. The largest absolute Gasteiger partial charge is 0.383 e. The molecule has 3 N–H and O–H groups in total. The Morgan fingerprint density at radius 1 is 1.18 bits per heavy atom. The number of benzene rings is 1. The number of nitrogens with zero attached hydrogens (tertiary/aromatic N) is 4. The predicted octanol–water partition coefficient (Wildman–Crippen LogP) is 3.02. The standard InChI is InChI=1S/C15H24N4O.C10H8N2O/c1-14(2,3)19-10-11-9-15(5-7-18(4)8-6-15)16-13(20)12(11)17-19;11-10-9-5-7(6-13)1-2-8(9)3-4-12-10/h10H,5-9H2,1-4H3,(H,16,20);1-6H,(H2,11,12). The zero-order valence-corrected chi connectivity index (χ0v) is 19.8. The molecule has 1 fully saturated rings. The van der Waals surface area contributed by atoms with Crippen LogP contribution in [0, 0.1) is 0 Å². The van der Waals surface area contributed by atoms with Crippen molar-refractivity contribution in [3.63, 3.8) is 0 Å².